The van der Waals surface area contributed by atoms with E-state index in [2.05, 4.69) is 30.1 Å². The van der Waals surface area contributed by atoms with E-state index in [-0.39, 0.29) is 0 Å². The van der Waals surface area contributed by atoms with Crippen molar-refractivity contribution in [2.24, 2.45) is 0 Å². The topological polar surface area (TPSA) is 12.9 Å². The Bertz CT molecular complexity index is 351. The SMILES string of the molecule is Cc1ccc2nc[se]c2c1. The fraction of sp³-hybridized carbons (Fsp3) is 0.125. The Kier molecular flexibility index (Phi) is 1.37. The Labute approximate surface area is 65.5 Å². The van der Waals surface area contributed by atoms with Gasteiger partial charge >= 0.3 is 65.0 Å². The van der Waals surface area contributed by atoms with Crippen LogP contribution in [0.3, 0.4) is 0 Å². The molecule has 0 saturated heterocycles. The fourth-order valence-corrected chi connectivity index (χ4v) is 2.59. The molecule has 10 heavy (non-hydrogen) atoms. The third kappa shape index (κ3) is 0.898. The van der Waals surface area contributed by atoms with Gasteiger partial charge in [-0.15, -0.1) is 0 Å². The molecule has 0 aliphatic rings. The molecule has 2 rings (SSSR count). The average molecular weight is 196 g/mol. The molecule has 1 nitrogen and oxygen atoms in total. The summed E-state index contributed by atoms with van der Waals surface area (Å²) in [5.74, 6) is 0. The van der Waals surface area contributed by atoms with Gasteiger partial charge < -0.3 is 0 Å². The van der Waals surface area contributed by atoms with Crippen LogP contribution >= 0.6 is 0 Å². The Balaban J connectivity index is 2.86. The van der Waals surface area contributed by atoms with Crippen LogP contribution in [0.4, 0.5) is 0 Å². The Morgan fingerprint density at radius 2 is 2.30 bits per heavy atom. The van der Waals surface area contributed by atoms with Crippen molar-refractivity contribution >= 4 is 24.3 Å². The van der Waals surface area contributed by atoms with E-state index in [1.54, 1.807) is 0 Å². The first-order valence-electron chi connectivity index (χ1n) is 3.16. The number of hydrogen-bond acceptors (Lipinski definition) is 1. The van der Waals surface area contributed by atoms with Crippen molar-refractivity contribution in [1.82, 2.24) is 4.98 Å². The fourth-order valence-electron chi connectivity index (χ4n) is 0.962. The molecule has 2 aromatic rings. The molecular formula is C8H7NSe. The standard InChI is InChI=1S/C8H7NSe/c1-6-2-3-7-8(4-6)10-5-9-7/h2-5H,1H3. The van der Waals surface area contributed by atoms with Crippen LogP contribution < -0.4 is 0 Å². The van der Waals surface area contributed by atoms with Crippen LogP contribution in [0.5, 0.6) is 0 Å². The third-order valence-corrected chi connectivity index (χ3v) is 3.15. The summed E-state index contributed by atoms with van der Waals surface area (Å²) in [4.78, 5) is 4.24. The summed E-state index contributed by atoms with van der Waals surface area (Å²) < 4.78 is 1.42. The van der Waals surface area contributed by atoms with Gasteiger partial charge in [0.2, 0.25) is 0 Å². The van der Waals surface area contributed by atoms with Crippen LogP contribution in [0.15, 0.2) is 23.3 Å². The summed E-state index contributed by atoms with van der Waals surface area (Å²) in [6, 6.07) is 6.43. The van der Waals surface area contributed by atoms with Crippen molar-refractivity contribution in [3.63, 3.8) is 0 Å². The van der Waals surface area contributed by atoms with E-state index >= 15 is 0 Å². The molecule has 0 amide bonds. The number of benzene rings is 1. The van der Waals surface area contributed by atoms with Crippen LogP contribution in [-0.4, -0.2) is 19.5 Å². The maximum atomic E-state index is 4.24. The molecule has 0 aliphatic heterocycles. The summed E-state index contributed by atoms with van der Waals surface area (Å²) in [5, 5.41) is 2.02. The number of rotatable bonds is 0. The van der Waals surface area contributed by atoms with Gasteiger partial charge in [-0.3, -0.25) is 0 Å². The van der Waals surface area contributed by atoms with Crippen molar-refractivity contribution in [3.05, 3.63) is 28.8 Å². The zero-order valence-electron chi connectivity index (χ0n) is 5.66. The number of nitrogens with zero attached hydrogens (tertiary/aromatic N) is 1. The van der Waals surface area contributed by atoms with Crippen molar-refractivity contribution in [2.75, 3.05) is 0 Å². The monoisotopic (exact) mass is 197 g/mol. The van der Waals surface area contributed by atoms with Gasteiger partial charge in [-0.1, -0.05) is 0 Å². The van der Waals surface area contributed by atoms with Gasteiger partial charge in [-0.2, -0.15) is 0 Å². The van der Waals surface area contributed by atoms with Gasteiger partial charge in [0.1, 0.15) is 0 Å². The second kappa shape index (κ2) is 2.22. The van der Waals surface area contributed by atoms with E-state index < -0.39 is 0 Å². The first-order valence-corrected chi connectivity index (χ1v) is 5.01. The minimum atomic E-state index is 0.501. The summed E-state index contributed by atoms with van der Waals surface area (Å²) >= 11 is 0.501. The molecule has 1 heterocycles. The quantitative estimate of drug-likeness (QED) is 0.583. The Morgan fingerprint density at radius 3 is 3.20 bits per heavy atom. The molecule has 0 unspecified atom stereocenters. The normalized spacial score (nSPS) is 10.5. The molecule has 0 bridgehead atoms. The second-order valence-electron chi connectivity index (χ2n) is 2.32. The molecule has 0 N–H and O–H groups in total. The zero-order valence-corrected chi connectivity index (χ0v) is 7.38. The second-order valence-corrected chi connectivity index (χ2v) is 4.18. The average Bonchev–Trinajstić information content (AvgIpc) is 2.33. The molecule has 2 heteroatoms. The molecule has 1 aromatic carbocycles. The number of hydrogen-bond donors (Lipinski definition) is 0. The van der Waals surface area contributed by atoms with Gasteiger partial charge in [0, 0.05) is 0 Å². The number of fused-ring (bicyclic) bond motifs is 1. The van der Waals surface area contributed by atoms with Crippen molar-refractivity contribution < 1.29 is 0 Å². The molecule has 0 spiro atoms. The molecular weight excluding hydrogens is 189 g/mol. The predicted octanol–water partition coefficient (Wildman–Crippen LogP) is 1.60. The van der Waals surface area contributed by atoms with E-state index in [4.69, 9.17) is 0 Å². The van der Waals surface area contributed by atoms with E-state index in [0.717, 1.165) is 0 Å². The van der Waals surface area contributed by atoms with Crippen LogP contribution in [0, 0.1) is 6.92 Å². The molecule has 50 valence electrons. The Hall–Kier alpha value is -0.591. The number of aryl methyl sites for hydroxylation is 1. The van der Waals surface area contributed by atoms with Crippen LogP contribution in [-0.2, 0) is 0 Å². The Morgan fingerprint density at radius 1 is 1.40 bits per heavy atom. The minimum absolute atomic E-state index is 0.501. The molecule has 0 atom stereocenters. The van der Waals surface area contributed by atoms with Crippen molar-refractivity contribution in [3.8, 4) is 0 Å². The van der Waals surface area contributed by atoms with Gasteiger partial charge in [-0.05, 0) is 0 Å². The molecule has 0 fully saturated rings. The molecule has 0 radical (unpaired) electrons. The van der Waals surface area contributed by atoms with Gasteiger partial charge in [0.25, 0.3) is 0 Å². The molecule has 1 aromatic heterocycles. The molecule has 0 aliphatic carbocycles. The zero-order chi connectivity index (χ0) is 6.97. The summed E-state index contributed by atoms with van der Waals surface area (Å²) in [6.07, 6.45) is 0. The van der Waals surface area contributed by atoms with Crippen LogP contribution in [0.2, 0.25) is 0 Å². The van der Waals surface area contributed by atoms with E-state index in [9.17, 15) is 0 Å². The molecule has 0 saturated carbocycles. The van der Waals surface area contributed by atoms with Gasteiger partial charge in [0.15, 0.2) is 0 Å². The van der Waals surface area contributed by atoms with E-state index in [1.165, 1.54) is 15.3 Å². The van der Waals surface area contributed by atoms with Crippen LogP contribution in [0.1, 0.15) is 5.56 Å². The summed E-state index contributed by atoms with van der Waals surface area (Å²) in [6.45, 7) is 2.12. The van der Waals surface area contributed by atoms with Crippen LogP contribution in [0.25, 0.3) is 9.78 Å². The van der Waals surface area contributed by atoms with E-state index in [0.29, 0.717) is 14.5 Å². The number of aromatic nitrogens is 1. The predicted molar refractivity (Wildman–Crippen MR) is 43.4 cm³/mol. The van der Waals surface area contributed by atoms with Crippen molar-refractivity contribution in [2.45, 2.75) is 6.92 Å². The maximum absolute atomic E-state index is 4.24. The third-order valence-electron chi connectivity index (χ3n) is 1.49. The first kappa shape index (κ1) is 6.14. The summed E-state index contributed by atoms with van der Waals surface area (Å²) in [7, 11) is 0. The van der Waals surface area contributed by atoms with E-state index in [1.807, 2.05) is 5.07 Å². The van der Waals surface area contributed by atoms with Gasteiger partial charge in [-0.25, -0.2) is 0 Å². The first-order chi connectivity index (χ1) is 4.86. The van der Waals surface area contributed by atoms with Crippen molar-refractivity contribution in [1.29, 1.82) is 0 Å². The van der Waals surface area contributed by atoms with Gasteiger partial charge in [0.05, 0.1) is 0 Å². The summed E-state index contributed by atoms with van der Waals surface area (Å²) in [5.41, 5.74) is 2.51.